The second-order valence-electron chi connectivity index (χ2n) is 4.79. The summed E-state index contributed by atoms with van der Waals surface area (Å²) < 4.78 is 6.42. The first-order valence-electron chi connectivity index (χ1n) is 6.63. The number of ether oxygens (including phenoxy) is 1. The van der Waals surface area contributed by atoms with Crippen LogP contribution >= 0.6 is 39.3 Å². The van der Waals surface area contributed by atoms with Gasteiger partial charge < -0.3 is 4.74 Å². The number of amides is 1. The van der Waals surface area contributed by atoms with Crippen molar-refractivity contribution >= 4 is 50.9 Å². The molecule has 1 heterocycles. The molecule has 22 heavy (non-hydrogen) atoms. The fourth-order valence-electron chi connectivity index (χ4n) is 2.43. The molecule has 0 aromatic heterocycles. The topological polar surface area (TPSA) is 29.5 Å². The van der Waals surface area contributed by atoms with Crippen LogP contribution in [-0.2, 0) is 4.79 Å². The lowest BCUT2D eigenvalue weighted by atomic mass is 10.1. The van der Waals surface area contributed by atoms with Crippen LogP contribution in [-0.4, -0.2) is 18.8 Å². The van der Waals surface area contributed by atoms with Crippen molar-refractivity contribution in [3.05, 3.63) is 57.5 Å². The molecule has 0 saturated carbocycles. The third kappa shape index (κ3) is 2.98. The Bertz CT molecular complexity index is 708. The van der Waals surface area contributed by atoms with Crippen LogP contribution in [0.3, 0.4) is 0 Å². The van der Waals surface area contributed by atoms with Gasteiger partial charge in [0, 0.05) is 20.7 Å². The Morgan fingerprint density at radius 3 is 2.68 bits per heavy atom. The number of halogens is 2. The number of carbonyl (C=O) groups is 1. The van der Waals surface area contributed by atoms with Crippen molar-refractivity contribution in [2.24, 2.45) is 0 Å². The van der Waals surface area contributed by atoms with Crippen molar-refractivity contribution in [2.75, 3.05) is 17.8 Å². The summed E-state index contributed by atoms with van der Waals surface area (Å²) >= 11 is 11.0. The van der Waals surface area contributed by atoms with E-state index in [1.807, 2.05) is 30.3 Å². The zero-order valence-corrected chi connectivity index (χ0v) is 14.9. The highest BCUT2D eigenvalue weighted by Gasteiger charge is 2.35. The molecule has 2 aromatic carbocycles. The van der Waals surface area contributed by atoms with Crippen molar-refractivity contribution in [1.82, 2.24) is 0 Å². The molecule has 6 heteroatoms. The largest absolute Gasteiger partial charge is 0.496 e. The normalized spacial score (nSPS) is 17.9. The number of nitrogens with zero attached hydrogens (tertiary/aromatic N) is 1. The van der Waals surface area contributed by atoms with Crippen LogP contribution in [0.1, 0.15) is 10.9 Å². The maximum absolute atomic E-state index is 12.3. The average molecular weight is 399 g/mol. The van der Waals surface area contributed by atoms with E-state index in [2.05, 4.69) is 15.9 Å². The van der Waals surface area contributed by atoms with Crippen molar-refractivity contribution in [2.45, 2.75) is 5.37 Å². The van der Waals surface area contributed by atoms with Crippen molar-refractivity contribution in [3.8, 4) is 5.75 Å². The smallest absolute Gasteiger partial charge is 0.238 e. The number of methoxy groups -OCH3 is 1. The quantitative estimate of drug-likeness (QED) is 0.737. The second-order valence-corrected chi connectivity index (χ2v) is 7.21. The summed E-state index contributed by atoms with van der Waals surface area (Å²) in [7, 11) is 1.64. The van der Waals surface area contributed by atoms with Gasteiger partial charge in [-0.1, -0.05) is 27.5 Å². The number of carbonyl (C=O) groups excluding carboxylic acids is 1. The predicted molar refractivity (Wildman–Crippen MR) is 94.8 cm³/mol. The molecule has 2 aromatic rings. The van der Waals surface area contributed by atoms with Crippen LogP contribution in [0.4, 0.5) is 5.69 Å². The summed E-state index contributed by atoms with van der Waals surface area (Å²) in [6.45, 7) is 0. The predicted octanol–water partition coefficient (Wildman–Crippen LogP) is 4.89. The second kappa shape index (κ2) is 6.52. The summed E-state index contributed by atoms with van der Waals surface area (Å²) in [5.74, 6) is 1.30. The van der Waals surface area contributed by atoms with E-state index in [0.717, 1.165) is 21.5 Å². The minimum atomic E-state index is -0.110. The molecular weight excluding hydrogens is 386 g/mol. The van der Waals surface area contributed by atoms with Gasteiger partial charge in [-0.25, -0.2) is 0 Å². The maximum Gasteiger partial charge on any atom is 0.238 e. The highest BCUT2D eigenvalue weighted by molar-refractivity contribution is 9.10. The van der Waals surface area contributed by atoms with Crippen LogP contribution in [0, 0.1) is 0 Å². The van der Waals surface area contributed by atoms with E-state index in [0.29, 0.717) is 10.8 Å². The van der Waals surface area contributed by atoms with E-state index in [1.54, 1.807) is 35.9 Å². The van der Waals surface area contributed by atoms with Crippen LogP contribution in [0.25, 0.3) is 0 Å². The number of thioether (sulfide) groups is 1. The highest BCUT2D eigenvalue weighted by atomic mass is 79.9. The fraction of sp³-hybridized carbons (Fsp3) is 0.188. The van der Waals surface area contributed by atoms with Gasteiger partial charge in [-0.2, -0.15) is 0 Å². The number of benzene rings is 2. The van der Waals surface area contributed by atoms with E-state index >= 15 is 0 Å². The van der Waals surface area contributed by atoms with Gasteiger partial charge in [-0.05, 0) is 42.5 Å². The summed E-state index contributed by atoms with van der Waals surface area (Å²) in [5, 5.41) is 0.542. The third-order valence-corrected chi connectivity index (χ3v) is 5.37. The number of hydrogen-bond acceptors (Lipinski definition) is 3. The van der Waals surface area contributed by atoms with Gasteiger partial charge in [-0.3, -0.25) is 9.69 Å². The number of anilines is 1. The van der Waals surface area contributed by atoms with Gasteiger partial charge >= 0.3 is 0 Å². The maximum atomic E-state index is 12.3. The summed E-state index contributed by atoms with van der Waals surface area (Å²) in [6, 6.07) is 13.1. The minimum Gasteiger partial charge on any atom is -0.496 e. The van der Waals surface area contributed by atoms with Gasteiger partial charge in [0.2, 0.25) is 5.91 Å². The Labute approximate surface area is 146 Å². The molecule has 0 bridgehead atoms. The highest BCUT2D eigenvalue weighted by Crippen LogP contribution is 2.45. The van der Waals surface area contributed by atoms with E-state index in [9.17, 15) is 4.79 Å². The van der Waals surface area contributed by atoms with E-state index in [-0.39, 0.29) is 11.3 Å². The zero-order valence-electron chi connectivity index (χ0n) is 11.8. The average Bonchev–Trinajstić information content (AvgIpc) is 2.90. The Morgan fingerprint density at radius 2 is 2.00 bits per heavy atom. The summed E-state index contributed by atoms with van der Waals surface area (Å²) in [5.41, 5.74) is 1.81. The lowest BCUT2D eigenvalue weighted by Crippen LogP contribution is -2.28. The van der Waals surface area contributed by atoms with Crippen molar-refractivity contribution in [3.63, 3.8) is 0 Å². The van der Waals surface area contributed by atoms with Gasteiger partial charge in [0.1, 0.15) is 11.1 Å². The van der Waals surface area contributed by atoms with E-state index in [4.69, 9.17) is 16.3 Å². The molecule has 1 saturated heterocycles. The van der Waals surface area contributed by atoms with Crippen LogP contribution in [0.2, 0.25) is 5.02 Å². The molecule has 0 radical (unpaired) electrons. The molecule has 0 aliphatic carbocycles. The van der Waals surface area contributed by atoms with E-state index < -0.39 is 0 Å². The van der Waals surface area contributed by atoms with Gasteiger partial charge in [0.25, 0.3) is 0 Å². The minimum absolute atomic E-state index is 0.0827. The van der Waals surface area contributed by atoms with Crippen molar-refractivity contribution < 1.29 is 9.53 Å². The molecule has 0 spiro atoms. The monoisotopic (exact) mass is 397 g/mol. The van der Waals surface area contributed by atoms with Crippen molar-refractivity contribution in [1.29, 1.82) is 0 Å². The Kier molecular flexibility index (Phi) is 4.66. The van der Waals surface area contributed by atoms with Gasteiger partial charge in [0.05, 0.1) is 12.9 Å². The molecule has 1 aliphatic rings. The third-order valence-electron chi connectivity index (χ3n) is 3.43. The Morgan fingerprint density at radius 1 is 1.27 bits per heavy atom. The first kappa shape index (κ1) is 15.7. The molecule has 3 rings (SSSR count). The molecule has 114 valence electrons. The molecular formula is C16H13BrClNO2S. The van der Waals surface area contributed by atoms with E-state index in [1.165, 1.54) is 0 Å². The molecule has 1 amide bonds. The number of rotatable bonds is 3. The molecule has 0 N–H and O–H groups in total. The Hall–Kier alpha value is -1.17. The van der Waals surface area contributed by atoms with Gasteiger partial charge in [-0.15, -0.1) is 11.8 Å². The summed E-state index contributed by atoms with van der Waals surface area (Å²) in [6.07, 6.45) is 0. The standard InChI is InChI=1S/C16H13BrClNO2S/c1-21-14-7-2-10(17)8-13(14)16-19(15(20)9-22-16)12-5-3-11(18)4-6-12/h2-8,16H,9H2,1H3/t16-/m0/s1. The lowest BCUT2D eigenvalue weighted by molar-refractivity contribution is -0.115. The summed E-state index contributed by atoms with van der Waals surface area (Å²) in [4.78, 5) is 14.1. The molecule has 3 nitrogen and oxygen atoms in total. The molecule has 1 atom stereocenters. The first-order chi connectivity index (χ1) is 10.6. The Balaban J connectivity index is 2.04. The van der Waals surface area contributed by atoms with Crippen LogP contribution in [0.5, 0.6) is 5.75 Å². The fourth-order valence-corrected chi connectivity index (χ4v) is 4.13. The molecule has 0 unspecified atom stereocenters. The SMILES string of the molecule is COc1ccc(Br)cc1[C@@H]1SCC(=O)N1c1ccc(Cl)cc1. The number of hydrogen-bond donors (Lipinski definition) is 0. The van der Waals surface area contributed by atoms with Crippen LogP contribution in [0.15, 0.2) is 46.9 Å². The lowest BCUT2D eigenvalue weighted by Gasteiger charge is -2.25. The molecule has 1 fully saturated rings. The van der Waals surface area contributed by atoms with Gasteiger partial charge in [0.15, 0.2) is 0 Å². The molecule has 1 aliphatic heterocycles. The van der Waals surface area contributed by atoms with Crippen LogP contribution < -0.4 is 9.64 Å². The zero-order chi connectivity index (χ0) is 15.7. The first-order valence-corrected chi connectivity index (χ1v) is 8.85.